The molecule has 0 spiro atoms. The van der Waals surface area contributed by atoms with Gasteiger partial charge in [0.1, 0.15) is 0 Å². The molecule has 1 aromatic heterocycles. The van der Waals surface area contributed by atoms with Crippen LogP contribution in [0.15, 0.2) is 12.3 Å². The molecule has 1 aliphatic rings. The number of nitro groups is 1. The summed E-state index contributed by atoms with van der Waals surface area (Å²) < 4.78 is 0. The van der Waals surface area contributed by atoms with Crippen LogP contribution in [0.2, 0.25) is 0 Å². The van der Waals surface area contributed by atoms with Gasteiger partial charge in [-0.25, -0.2) is 4.98 Å². The van der Waals surface area contributed by atoms with Gasteiger partial charge in [0.25, 0.3) is 0 Å². The van der Waals surface area contributed by atoms with Crippen molar-refractivity contribution in [1.29, 1.82) is 0 Å². The van der Waals surface area contributed by atoms with E-state index in [1.807, 2.05) is 0 Å². The summed E-state index contributed by atoms with van der Waals surface area (Å²) in [6, 6.07) is 1.85. The number of pyridine rings is 1. The van der Waals surface area contributed by atoms with Crippen molar-refractivity contribution >= 4 is 11.5 Å². The quantitative estimate of drug-likeness (QED) is 0.628. The average molecular weight is 250 g/mol. The van der Waals surface area contributed by atoms with E-state index >= 15 is 0 Å². The molecule has 0 aliphatic heterocycles. The lowest BCUT2D eigenvalue weighted by atomic mass is 10.0. The molecule has 0 saturated heterocycles. The van der Waals surface area contributed by atoms with Crippen LogP contribution in [0, 0.1) is 23.0 Å². The summed E-state index contributed by atoms with van der Waals surface area (Å²) in [5.74, 6) is 0.747. The molecule has 98 valence electrons. The zero-order chi connectivity index (χ0) is 13.1. The number of nitrogens with one attached hydrogen (secondary N) is 1. The van der Waals surface area contributed by atoms with Gasteiger partial charge in [0.2, 0.25) is 5.82 Å². The Morgan fingerprint density at radius 2 is 2.39 bits per heavy atom. The van der Waals surface area contributed by atoms with Crippen LogP contribution in [0.5, 0.6) is 0 Å². The summed E-state index contributed by atoms with van der Waals surface area (Å²) in [5, 5.41) is 14.3. The van der Waals surface area contributed by atoms with Crippen molar-refractivity contribution in [1.82, 2.24) is 4.98 Å². The molecule has 3 N–H and O–H groups in total. The second-order valence-electron chi connectivity index (χ2n) is 4.76. The van der Waals surface area contributed by atoms with Crippen molar-refractivity contribution in [2.45, 2.75) is 32.2 Å². The molecule has 0 amide bonds. The Labute approximate surface area is 106 Å². The van der Waals surface area contributed by atoms with Gasteiger partial charge in [0, 0.05) is 17.8 Å². The predicted octanol–water partition coefficient (Wildman–Crippen LogP) is 1.84. The van der Waals surface area contributed by atoms with E-state index < -0.39 is 0 Å². The fraction of sp³-hybridized carbons (Fsp3) is 0.583. The molecule has 6 nitrogen and oxygen atoms in total. The second kappa shape index (κ2) is 5.30. The fourth-order valence-electron chi connectivity index (χ4n) is 2.57. The van der Waals surface area contributed by atoms with E-state index in [1.165, 1.54) is 0 Å². The first-order valence-corrected chi connectivity index (χ1v) is 6.20. The molecule has 0 radical (unpaired) electrons. The Hall–Kier alpha value is -1.69. The minimum Gasteiger partial charge on any atom is -0.361 e. The van der Waals surface area contributed by atoms with Crippen molar-refractivity contribution in [3.63, 3.8) is 0 Å². The van der Waals surface area contributed by atoms with Gasteiger partial charge in [-0.2, -0.15) is 0 Å². The monoisotopic (exact) mass is 250 g/mol. The molecule has 1 fully saturated rings. The summed E-state index contributed by atoms with van der Waals surface area (Å²) >= 11 is 0. The van der Waals surface area contributed by atoms with Crippen LogP contribution >= 0.6 is 0 Å². The Kier molecular flexibility index (Phi) is 3.76. The van der Waals surface area contributed by atoms with Gasteiger partial charge < -0.3 is 11.1 Å². The Morgan fingerprint density at radius 1 is 1.61 bits per heavy atom. The van der Waals surface area contributed by atoms with E-state index in [-0.39, 0.29) is 16.7 Å². The number of aromatic nitrogens is 1. The Bertz CT molecular complexity index is 450. The van der Waals surface area contributed by atoms with Crippen LogP contribution in [0.4, 0.5) is 11.5 Å². The van der Waals surface area contributed by atoms with Crippen molar-refractivity contribution in [2.75, 3.05) is 11.9 Å². The standard InChI is InChI=1S/C12H18N4O2/c1-8-5-6-14-12(11(8)16(17)18)15-10-4-2-3-9(10)7-13/h5-6,9-10H,2-4,7,13H2,1H3,(H,14,15). The van der Waals surface area contributed by atoms with Crippen LogP contribution in [0.1, 0.15) is 24.8 Å². The van der Waals surface area contributed by atoms with Crippen molar-refractivity contribution < 1.29 is 4.92 Å². The minimum absolute atomic E-state index is 0.0696. The van der Waals surface area contributed by atoms with Crippen LogP contribution in [-0.4, -0.2) is 22.5 Å². The molecule has 1 heterocycles. The molecule has 2 atom stereocenters. The van der Waals surface area contributed by atoms with Gasteiger partial charge in [0.05, 0.1) is 4.92 Å². The zero-order valence-corrected chi connectivity index (χ0v) is 10.4. The Morgan fingerprint density at radius 3 is 3.06 bits per heavy atom. The van der Waals surface area contributed by atoms with Crippen molar-refractivity contribution in [3.05, 3.63) is 27.9 Å². The second-order valence-corrected chi connectivity index (χ2v) is 4.76. The number of nitrogens with two attached hydrogens (primary N) is 1. The highest BCUT2D eigenvalue weighted by molar-refractivity contribution is 5.60. The van der Waals surface area contributed by atoms with Gasteiger partial charge in [-0.15, -0.1) is 0 Å². The molecular weight excluding hydrogens is 232 g/mol. The third kappa shape index (κ3) is 2.43. The van der Waals surface area contributed by atoms with Gasteiger partial charge in [-0.1, -0.05) is 6.42 Å². The summed E-state index contributed by atoms with van der Waals surface area (Å²) in [7, 11) is 0. The number of hydrogen-bond donors (Lipinski definition) is 2. The lowest BCUT2D eigenvalue weighted by Gasteiger charge is -2.20. The highest BCUT2D eigenvalue weighted by Crippen LogP contribution is 2.31. The summed E-state index contributed by atoms with van der Waals surface area (Å²) in [6.45, 7) is 2.33. The first-order chi connectivity index (χ1) is 8.63. The van der Waals surface area contributed by atoms with Crippen LogP contribution in [-0.2, 0) is 0 Å². The molecule has 2 unspecified atom stereocenters. The Balaban J connectivity index is 2.23. The fourth-order valence-corrected chi connectivity index (χ4v) is 2.57. The van der Waals surface area contributed by atoms with Crippen LogP contribution < -0.4 is 11.1 Å². The summed E-state index contributed by atoms with van der Waals surface area (Å²) in [6.07, 6.45) is 4.78. The molecular formula is C12H18N4O2. The SMILES string of the molecule is Cc1ccnc(NC2CCCC2CN)c1[N+](=O)[O-]. The zero-order valence-electron chi connectivity index (χ0n) is 10.4. The predicted molar refractivity (Wildman–Crippen MR) is 69.4 cm³/mol. The molecule has 1 aliphatic carbocycles. The third-order valence-corrected chi connectivity index (χ3v) is 3.59. The summed E-state index contributed by atoms with van der Waals surface area (Å²) in [5.41, 5.74) is 6.41. The van der Waals surface area contributed by atoms with E-state index in [1.54, 1.807) is 19.2 Å². The van der Waals surface area contributed by atoms with Crippen LogP contribution in [0.3, 0.4) is 0 Å². The van der Waals surface area contributed by atoms with Crippen molar-refractivity contribution in [3.8, 4) is 0 Å². The number of hydrogen-bond acceptors (Lipinski definition) is 5. The highest BCUT2D eigenvalue weighted by Gasteiger charge is 2.29. The largest absolute Gasteiger partial charge is 0.361 e. The molecule has 18 heavy (non-hydrogen) atoms. The maximum absolute atomic E-state index is 11.1. The molecule has 0 aromatic carbocycles. The first-order valence-electron chi connectivity index (χ1n) is 6.20. The summed E-state index contributed by atoms with van der Waals surface area (Å²) in [4.78, 5) is 14.8. The molecule has 1 saturated carbocycles. The van der Waals surface area contributed by atoms with E-state index in [4.69, 9.17) is 5.73 Å². The molecule has 6 heteroatoms. The van der Waals surface area contributed by atoms with Gasteiger partial charge in [-0.3, -0.25) is 10.1 Å². The van der Waals surface area contributed by atoms with Gasteiger partial charge in [-0.05, 0) is 38.3 Å². The molecule has 1 aromatic rings. The van der Waals surface area contributed by atoms with Crippen LogP contribution in [0.25, 0.3) is 0 Å². The highest BCUT2D eigenvalue weighted by atomic mass is 16.6. The van der Waals surface area contributed by atoms with Crippen molar-refractivity contribution in [2.24, 2.45) is 11.7 Å². The lowest BCUT2D eigenvalue weighted by molar-refractivity contribution is -0.384. The number of anilines is 1. The van der Waals surface area contributed by atoms with Gasteiger partial charge in [0.15, 0.2) is 0 Å². The smallest absolute Gasteiger partial charge is 0.314 e. The molecule has 0 bridgehead atoms. The first kappa shape index (κ1) is 12.8. The normalized spacial score (nSPS) is 23.0. The van der Waals surface area contributed by atoms with Gasteiger partial charge >= 0.3 is 5.69 Å². The van der Waals surface area contributed by atoms with E-state index in [2.05, 4.69) is 10.3 Å². The maximum Gasteiger partial charge on any atom is 0.314 e. The topological polar surface area (TPSA) is 94.1 Å². The maximum atomic E-state index is 11.1. The number of nitrogens with zero attached hydrogens (tertiary/aromatic N) is 2. The number of rotatable bonds is 4. The van der Waals surface area contributed by atoms with E-state index in [0.717, 1.165) is 19.3 Å². The van der Waals surface area contributed by atoms with E-state index in [0.29, 0.717) is 23.8 Å². The minimum atomic E-state index is -0.378. The average Bonchev–Trinajstić information content (AvgIpc) is 2.76. The lowest BCUT2D eigenvalue weighted by Crippen LogP contribution is -2.30. The molecule has 2 rings (SSSR count). The van der Waals surface area contributed by atoms with E-state index in [9.17, 15) is 10.1 Å². The number of aryl methyl sites for hydroxylation is 1. The third-order valence-electron chi connectivity index (χ3n) is 3.59.